The zero-order valence-corrected chi connectivity index (χ0v) is 16.5. The summed E-state index contributed by atoms with van der Waals surface area (Å²) in [5.74, 6) is 0.300. The number of para-hydroxylation sites is 1. The Balaban J connectivity index is 1.91. The SMILES string of the molecule is CC(C)(C)c1ccc(Oc2ccc([N+](=O)[O-])cc2C(=O)Nc2ccccc2)cc1. The molecule has 3 aromatic carbocycles. The summed E-state index contributed by atoms with van der Waals surface area (Å²) < 4.78 is 5.89. The summed E-state index contributed by atoms with van der Waals surface area (Å²) >= 11 is 0. The van der Waals surface area contributed by atoms with Crippen LogP contribution in [-0.4, -0.2) is 10.8 Å². The molecule has 3 rings (SSSR count). The number of ether oxygens (including phenoxy) is 1. The van der Waals surface area contributed by atoms with E-state index in [1.54, 1.807) is 24.3 Å². The van der Waals surface area contributed by atoms with Crippen molar-refractivity contribution in [1.29, 1.82) is 0 Å². The highest BCUT2D eigenvalue weighted by atomic mass is 16.6. The normalized spacial score (nSPS) is 11.0. The Kier molecular flexibility index (Phi) is 5.64. The summed E-state index contributed by atoms with van der Waals surface area (Å²) in [5, 5.41) is 13.9. The molecule has 1 amide bonds. The number of nitro groups is 1. The zero-order chi connectivity index (χ0) is 21.0. The standard InChI is InChI=1S/C23H22N2O4/c1-23(2,3)16-9-12-19(13-10-16)29-21-14-11-18(25(27)28)15-20(21)22(26)24-17-7-5-4-6-8-17/h4-15H,1-3H3,(H,24,26). The molecule has 0 spiro atoms. The van der Waals surface area contributed by atoms with E-state index in [2.05, 4.69) is 26.1 Å². The molecule has 0 saturated heterocycles. The van der Waals surface area contributed by atoms with Crippen LogP contribution in [0.25, 0.3) is 0 Å². The summed E-state index contributed by atoms with van der Waals surface area (Å²) in [7, 11) is 0. The molecule has 0 bridgehead atoms. The quantitative estimate of drug-likeness (QED) is 0.432. The Morgan fingerprint density at radius 1 is 0.966 bits per heavy atom. The monoisotopic (exact) mass is 390 g/mol. The molecule has 1 N–H and O–H groups in total. The fourth-order valence-electron chi connectivity index (χ4n) is 2.77. The van der Waals surface area contributed by atoms with Gasteiger partial charge in [-0.05, 0) is 41.3 Å². The molecule has 29 heavy (non-hydrogen) atoms. The molecule has 0 radical (unpaired) electrons. The van der Waals surface area contributed by atoms with Crippen LogP contribution < -0.4 is 10.1 Å². The number of non-ortho nitro benzene ring substituents is 1. The van der Waals surface area contributed by atoms with Gasteiger partial charge in [-0.2, -0.15) is 0 Å². The zero-order valence-electron chi connectivity index (χ0n) is 16.5. The predicted octanol–water partition coefficient (Wildman–Crippen LogP) is 5.94. The molecule has 0 heterocycles. The highest BCUT2D eigenvalue weighted by molar-refractivity contribution is 6.06. The maximum atomic E-state index is 12.8. The lowest BCUT2D eigenvalue weighted by Crippen LogP contribution is -2.13. The van der Waals surface area contributed by atoms with Crippen LogP contribution in [0.2, 0.25) is 0 Å². The van der Waals surface area contributed by atoms with Gasteiger partial charge in [0.15, 0.2) is 0 Å². The third-order valence-electron chi connectivity index (χ3n) is 4.40. The number of amides is 1. The van der Waals surface area contributed by atoms with Crippen molar-refractivity contribution in [2.24, 2.45) is 0 Å². The Labute approximate surface area is 169 Å². The number of nitro benzene ring substituents is 1. The van der Waals surface area contributed by atoms with Crippen LogP contribution in [0.1, 0.15) is 36.7 Å². The summed E-state index contributed by atoms with van der Waals surface area (Å²) in [6, 6.07) is 20.4. The second-order valence-corrected chi connectivity index (χ2v) is 7.63. The molecule has 0 fully saturated rings. The van der Waals surface area contributed by atoms with Gasteiger partial charge in [0.05, 0.1) is 10.5 Å². The van der Waals surface area contributed by atoms with Crippen molar-refractivity contribution in [3.63, 3.8) is 0 Å². The van der Waals surface area contributed by atoms with Crippen molar-refractivity contribution in [3.8, 4) is 11.5 Å². The first-order valence-corrected chi connectivity index (χ1v) is 9.17. The van der Waals surface area contributed by atoms with Crippen molar-refractivity contribution in [2.45, 2.75) is 26.2 Å². The van der Waals surface area contributed by atoms with E-state index < -0.39 is 10.8 Å². The molecule has 0 atom stereocenters. The molecule has 0 aliphatic carbocycles. The van der Waals surface area contributed by atoms with Crippen molar-refractivity contribution in [1.82, 2.24) is 0 Å². The van der Waals surface area contributed by atoms with Crippen LogP contribution in [-0.2, 0) is 5.41 Å². The predicted molar refractivity (Wildman–Crippen MR) is 113 cm³/mol. The third-order valence-corrected chi connectivity index (χ3v) is 4.40. The van der Waals surface area contributed by atoms with Gasteiger partial charge >= 0.3 is 0 Å². The van der Waals surface area contributed by atoms with Gasteiger partial charge in [0.2, 0.25) is 0 Å². The first kappa shape index (κ1) is 20.1. The second-order valence-electron chi connectivity index (χ2n) is 7.63. The number of rotatable bonds is 5. The lowest BCUT2D eigenvalue weighted by atomic mass is 9.87. The molecular formula is C23H22N2O4. The van der Waals surface area contributed by atoms with E-state index in [1.807, 2.05) is 30.3 Å². The van der Waals surface area contributed by atoms with Crippen LogP contribution in [0.15, 0.2) is 72.8 Å². The summed E-state index contributed by atoms with van der Waals surface area (Å²) in [6.07, 6.45) is 0. The van der Waals surface area contributed by atoms with Crippen LogP contribution in [0.5, 0.6) is 11.5 Å². The molecule has 0 unspecified atom stereocenters. The Hall–Kier alpha value is -3.67. The van der Waals surface area contributed by atoms with Crippen molar-refractivity contribution in [3.05, 3.63) is 94.0 Å². The van der Waals surface area contributed by atoms with E-state index in [0.29, 0.717) is 11.4 Å². The molecule has 0 saturated carbocycles. The van der Waals surface area contributed by atoms with Gasteiger partial charge in [-0.1, -0.05) is 51.1 Å². The van der Waals surface area contributed by atoms with Crippen LogP contribution in [0.3, 0.4) is 0 Å². The maximum absolute atomic E-state index is 12.8. The molecule has 0 aliphatic rings. The highest BCUT2D eigenvalue weighted by Crippen LogP contribution is 2.31. The van der Waals surface area contributed by atoms with E-state index in [1.165, 1.54) is 18.2 Å². The number of hydrogen-bond acceptors (Lipinski definition) is 4. The molecule has 6 heteroatoms. The minimum atomic E-state index is -0.540. The van der Waals surface area contributed by atoms with Gasteiger partial charge in [0.1, 0.15) is 11.5 Å². The minimum absolute atomic E-state index is 0.00657. The fraction of sp³-hybridized carbons (Fsp3) is 0.174. The van der Waals surface area contributed by atoms with E-state index >= 15 is 0 Å². The number of carbonyl (C=O) groups excluding carboxylic acids is 1. The fourth-order valence-corrected chi connectivity index (χ4v) is 2.77. The summed E-state index contributed by atoms with van der Waals surface area (Å²) in [4.78, 5) is 23.4. The number of nitrogens with one attached hydrogen (secondary N) is 1. The first-order chi connectivity index (χ1) is 13.7. The number of carbonyl (C=O) groups is 1. The number of nitrogens with zero attached hydrogens (tertiary/aromatic N) is 1. The van der Waals surface area contributed by atoms with Crippen LogP contribution >= 0.6 is 0 Å². The largest absolute Gasteiger partial charge is 0.457 e. The molecule has 6 nitrogen and oxygen atoms in total. The van der Waals surface area contributed by atoms with E-state index in [9.17, 15) is 14.9 Å². The highest BCUT2D eigenvalue weighted by Gasteiger charge is 2.19. The number of hydrogen-bond donors (Lipinski definition) is 1. The Morgan fingerprint density at radius 3 is 2.21 bits per heavy atom. The van der Waals surface area contributed by atoms with Crippen molar-refractivity contribution < 1.29 is 14.5 Å². The summed E-state index contributed by atoms with van der Waals surface area (Å²) in [5.41, 5.74) is 1.65. The smallest absolute Gasteiger partial charge is 0.270 e. The minimum Gasteiger partial charge on any atom is -0.457 e. The molecular weight excluding hydrogens is 368 g/mol. The van der Waals surface area contributed by atoms with E-state index in [4.69, 9.17) is 4.74 Å². The van der Waals surface area contributed by atoms with Crippen molar-refractivity contribution >= 4 is 17.3 Å². The van der Waals surface area contributed by atoms with E-state index in [0.717, 1.165) is 5.56 Å². The molecule has 0 aliphatic heterocycles. The van der Waals surface area contributed by atoms with Gasteiger partial charge in [-0.15, -0.1) is 0 Å². The third kappa shape index (κ3) is 4.99. The average molecular weight is 390 g/mol. The van der Waals surface area contributed by atoms with Crippen LogP contribution in [0.4, 0.5) is 11.4 Å². The molecule has 3 aromatic rings. The Morgan fingerprint density at radius 2 is 1.62 bits per heavy atom. The van der Waals surface area contributed by atoms with Crippen molar-refractivity contribution in [2.75, 3.05) is 5.32 Å². The summed E-state index contributed by atoms with van der Waals surface area (Å²) in [6.45, 7) is 6.35. The second kappa shape index (κ2) is 8.14. The lowest BCUT2D eigenvalue weighted by molar-refractivity contribution is -0.384. The Bertz CT molecular complexity index is 1020. The average Bonchev–Trinajstić information content (AvgIpc) is 2.68. The molecule has 0 aromatic heterocycles. The maximum Gasteiger partial charge on any atom is 0.270 e. The number of anilines is 1. The van der Waals surface area contributed by atoms with Gasteiger partial charge in [0, 0.05) is 17.8 Å². The van der Waals surface area contributed by atoms with E-state index in [-0.39, 0.29) is 22.4 Å². The van der Waals surface area contributed by atoms with Gasteiger partial charge in [0.25, 0.3) is 11.6 Å². The van der Waals surface area contributed by atoms with Gasteiger partial charge in [-0.25, -0.2) is 0 Å². The topological polar surface area (TPSA) is 81.5 Å². The molecule has 148 valence electrons. The first-order valence-electron chi connectivity index (χ1n) is 9.17. The number of benzene rings is 3. The van der Waals surface area contributed by atoms with Gasteiger partial charge < -0.3 is 10.1 Å². The lowest BCUT2D eigenvalue weighted by Gasteiger charge is -2.19. The van der Waals surface area contributed by atoms with Crippen LogP contribution in [0, 0.1) is 10.1 Å². The van der Waals surface area contributed by atoms with Gasteiger partial charge in [-0.3, -0.25) is 14.9 Å².